The number of carboxylic acid groups (broad SMARTS) is 1. The number of carbonyl (C=O) groups excluding carboxylic acids is 3. The summed E-state index contributed by atoms with van der Waals surface area (Å²) in [4.78, 5) is 52.4. The molecule has 0 aromatic carbocycles. The van der Waals surface area contributed by atoms with E-state index in [0.29, 0.717) is 19.3 Å². The summed E-state index contributed by atoms with van der Waals surface area (Å²) in [5.74, 6) is -3.56. The molecule has 0 bridgehead atoms. The van der Waals surface area contributed by atoms with Crippen LogP contribution >= 0.6 is 0 Å². The van der Waals surface area contributed by atoms with E-state index in [4.69, 9.17) is 23.7 Å². The zero-order valence-corrected chi connectivity index (χ0v) is 38.4. The molecule has 15 atom stereocenters. The molecular weight excluding hydrogens is 871 g/mol. The van der Waals surface area contributed by atoms with E-state index in [0.717, 1.165) is 32.1 Å². The monoisotopic (exact) mass is 944 g/mol. The number of amides is 2. The molecule has 3 heterocycles. The lowest BCUT2D eigenvalue weighted by Gasteiger charge is -2.49. The van der Waals surface area contributed by atoms with Crippen LogP contribution in [0.2, 0.25) is 0 Å². The Hall–Kier alpha value is -3.26. The number of ether oxygens (including phenoxy) is 5. The average Bonchev–Trinajstić information content (AvgIpc) is 3.78. The molecule has 2 saturated carbocycles. The third-order valence-corrected chi connectivity index (χ3v) is 14.0. The van der Waals surface area contributed by atoms with Gasteiger partial charge in [-0.25, -0.2) is 4.79 Å². The average molecular weight is 944 g/mol. The molecule has 22 heteroatoms. The van der Waals surface area contributed by atoms with Crippen LogP contribution in [0.15, 0.2) is 6.20 Å². The quantitative estimate of drug-likeness (QED) is 0.0598. The maximum atomic E-state index is 14.0. The lowest BCUT2D eigenvalue weighted by molar-refractivity contribution is -0.338. The minimum Gasteiger partial charge on any atom is -0.479 e. The zero-order valence-electron chi connectivity index (χ0n) is 38.4. The number of hydrogen-bond donors (Lipinski definition) is 10. The predicted molar refractivity (Wildman–Crippen MR) is 229 cm³/mol. The van der Waals surface area contributed by atoms with Gasteiger partial charge in [-0.2, -0.15) is 0 Å². The van der Waals surface area contributed by atoms with Gasteiger partial charge in [0.25, 0.3) is 5.91 Å². The SMILES string of the molecule is CCC1CC(C(=O)CCCNC(=O)c2cn(CC(CC)(CO)CO)nn2)C[C@@H](O[C@@H]2O[C@@H](CO)[C@H](O)C(O[C@@H](CC3CCCCC3)C(=O)O)C2NC(C)=O)[C@@H]1O[C@@H]1OC(C)[C@@H](O)[C@H](O)C1O. The number of Topliss-reactive ketones (excluding diaryl/α,β-unsaturated/α-hetero) is 1. The van der Waals surface area contributed by atoms with Crippen molar-refractivity contribution in [1.82, 2.24) is 25.6 Å². The van der Waals surface area contributed by atoms with E-state index in [1.54, 1.807) is 0 Å². The number of rotatable bonds is 23. The number of hydrogen-bond acceptors (Lipinski definition) is 18. The summed E-state index contributed by atoms with van der Waals surface area (Å²) in [5.41, 5.74) is -0.816. The van der Waals surface area contributed by atoms with Gasteiger partial charge in [-0.3, -0.25) is 19.1 Å². The van der Waals surface area contributed by atoms with Gasteiger partial charge in [-0.05, 0) is 50.9 Å². The Morgan fingerprint density at radius 1 is 0.924 bits per heavy atom. The predicted octanol–water partition coefficient (Wildman–Crippen LogP) is -0.836. The second-order valence-electron chi connectivity index (χ2n) is 18.7. The van der Waals surface area contributed by atoms with Crippen LogP contribution < -0.4 is 10.6 Å². The van der Waals surface area contributed by atoms with Crippen LogP contribution in [0, 0.1) is 23.2 Å². The summed E-state index contributed by atoms with van der Waals surface area (Å²) >= 11 is 0. The third-order valence-electron chi connectivity index (χ3n) is 14.0. The number of ketones is 1. The van der Waals surface area contributed by atoms with Crippen molar-refractivity contribution in [3.05, 3.63) is 11.9 Å². The van der Waals surface area contributed by atoms with Crippen LogP contribution in [0.4, 0.5) is 0 Å². The topological polar surface area (TPSA) is 331 Å². The molecule has 376 valence electrons. The summed E-state index contributed by atoms with van der Waals surface area (Å²) in [5, 5.41) is 97.1. The van der Waals surface area contributed by atoms with Gasteiger partial charge >= 0.3 is 5.97 Å². The summed E-state index contributed by atoms with van der Waals surface area (Å²) in [6.07, 6.45) is -8.79. The first kappa shape index (κ1) is 53.7. The number of carbonyl (C=O) groups is 4. The van der Waals surface area contributed by atoms with Crippen LogP contribution in [0.1, 0.15) is 115 Å². The Kier molecular flexibility index (Phi) is 20.2. The van der Waals surface area contributed by atoms with E-state index in [-0.39, 0.29) is 69.4 Å². The largest absolute Gasteiger partial charge is 0.479 e. The maximum absolute atomic E-state index is 14.0. The normalized spacial score (nSPS) is 33.8. The zero-order chi connectivity index (χ0) is 48.3. The van der Waals surface area contributed by atoms with Crippen molar-refractivity contribution in [2.75, 3.05) is 26.4 Å². The van der Waals surface area contributed by atoms with Gasteiger partial charge in [0.05, 0.1) is 50.9 Å². The van der Waals surface area contributed by atoms with Crippen molar-refractivity contribution in [2.45, 2.75) is 191 Å². The molecule has 4 aliphatic rings. The third kappa shape index (κ3) is 13.5. The molecule has 2 aliphatic carbocycles. The minimum absolute atomic E-state index is 0.00386. The summed E-state index contributed by atoms with van der Waals surface area (Å²) < 4.78 is 32.6. The fourth-order valence-corrected chi connectivity index (χ4v) is 9.69. The summed E-state index contributed by atoms with van der Waals surface area (Å²) in [6.45, 7) is 5.35. The van der Waals surface area contributed by atoms with Crippen molar-refractivity contribution in [3.8, 4) is 0 Å². The van der Waals surface area contributed by atoms with Crippen molar-refractivity contribution in [1.29, 1.82) is 0 Å². The Bertz CT molecular complexity index is 1700. The van der Waals surface area contributed by atoms with Gasteiger partial charge < -0.3 is 75.2 Å². The van der Waals surface area contributed by atoms with E-state index < -0.39 is 121 Å². The lowest BCUT2D eigenvalue weighted by atomic mass is 9.74. The van der Waals surface area contributed by atoms with Crippen LogP contribution in [0.3, 0.4) is 0 Å². The molecule has 1 aromatic heterocycles. The smallest absolute Gasteiger partial charge is 0.332 e. The van der Waals surface area contributed by atoms with Crippen molar-refractivity contribution in [2.24, 2.45) is 23.2 Å². The van der Waals surface area contributed by atoms with Gasteiger partial charge in [-0.1, -0.05) is 57.6 Å². The molecule has 6 unspecified atom stereocenters. The Morgan fingerprint density at radius 2 is 1.64 bits per heavy atom. The van der Waals surface area contributed by atoms with Gasteiger partial charge in [-0.15, -0.1) is 5.10 Å². The van der Waals surface area contributed by atoms with E-state index in [1.165, 1.54) is 24.7 Å². The minimum atomic E-state index is -1.68. The highest BCUT2D eigenvalue weighted by Crippen LogP contribution is 2.40. The second kappa shape index (κ2) is 24.9. The molecule has 0 radical (unpaired) electrons. The van der Waals surface area contributed by atoms with Gasteiger partial charge in [0, 0.05) is 31.2 Å². The highest BCUT2D eigenvalue weighted by Gasteiger charge is 2.53. The number of nitrogens with one attached hydrogen (secondary N) is 2. The number of nitrogens with zero attached hydrogens (tertiary/aromatic N) is 3. The first-order valence-electron chi connectivity index (χ1n) is 23.5. The maximum Gasteiger partial charge on any atom is 0.332 e. The molecule has 2 aliphatic heterocycles. The van der Waals surface area contributed by atoms with Crippen molar-refractivity contribution >= 4 is 23.6 Å². The molecule has 66 heavy (non-hydrogen) atoms. The van der Waals surface area contributed by atoms with Crippen molar-refractivity contribution < 1.29 is 83.7 Å². The standard InChI is InChI=1S/C44H73N5O17/c1-5-26-16-27(29(54)13-10-14-45-40(59)28-18-49(48-47-28)20-44(6-2,21-51)22-52)17-30(38(26)66-43-37(58)36(57)34(55)23(3)62-43)64-42-33(46-24(4)53)39(35(56)32(19-50)65-42)63-31(41(60)61)15-25-11-8-7-9-12-25/h18,23,25-27,30-39,42-43,50-52,55-58H,5-17,19-22H2,1-4H3,(H,45,59)(H,46,53)(H,60,61)/t23?,26?,27?,30-,31+,32+,33?,34-,35+,36+,37?,38-,39?,42-,43+/m1/s1. The summed E-state index contributed by atoms with van der Waals surface area (Å²) in [6, 6.07) is -1.33. The highest BCUT2D eigenvalue weighted by molar-refractivity contribution is 5.91. The molecule has 5 rings (SSSR count). The lowest BCUT2D eigenvalue weighted by Crippen LogP contribution is -2.67. The molecular formula is C44H73N5O17. The first-order valence-corrected chi connectivity index (χ1v) is 23.5. The molecule has 4 fully saturated rings. The van der Waals surface area contributed by atoms with Crippen LogP contribution in [0.5, 0.6) is 0 Å². The van der Waals surface area contributed by atoms with E-state index in [2.05, 4.69) is 20.9 Å². The molecule has 0 spiro atoms. The molecule has 10 N–H and O–H groups in total. The fourth-order valence-electron chi connectivity index (χ4n) is 9.69. The number of aliphatic hydroxyl groups excluding tert-OH is 7. The number of aliphatic carboxylic acids is 1. The van der Waals surface area contributed by atoms with Gasteiger partial charge in [0.2, 0.25) is 5.91 Å². The highest BCUT2D eigenvalue weighted by atomic mass is 16.7. The Labute approximate surface area is 384 Å². The van der Waals surface area contributed by atoms with E-state index in [9.17, 15) is 60.0 Å². The Morgan fingerprint density at radius 3 is 2.26 bits per heavy atom. The van der Waals surface area contributed by atoms with E-state index >= 15 is 0 Å². The van der Waals surface area contributed by atoms with Crippen LogP contribution in [-0.4, -0.2) is 185 Å². The van der Waals surface area contributed by atoms with Crippen LogP contribution in [0.25, 0.3) is 0 Å². The molecule has 1 aromatic rings. The van der Waals surface area contributed by atoms with E-state index in [1.807, 2.05) is 13.8 Å². The number of carboxylic acids is 1. The van der Waals surface area contributed by atoms with Gasteiger partial charge in [0.1, 0.15) is 48.4 Å². The van der Waals surface area contributed by atoms with Gasteiger partial charge in [0.15, 0.2) is 24.4 Å². The Balaban J connectivity index is 1.35. The number of aromatic nitrogens is 3. The molecule has 22 nitrogen and oxygen atoms in total. The van der Waals surface area contributed by atoms with Crippen molar-refractivity contribution in [3.63, 3.8) is 0 Å². The summed E-state index contributed by atoms with van der Waals surface area (Å²) in [7, 11) is 0. The van der Waals surface area contributed by atoms with Crippen LogP contribution in [-0.2, 0) is 44.6 Å². The first-order chi connectivity index (χ1) is 31.5. The second-order valence-corrected chi connectivity index (χ2v) is 18.7. The molecule has 2 amide bonds. The number of aliphatic hydroxyl groups is 7. The molecule has 2 saturated heterocycles. The fraction of sp³-hybridized carbons (Fsp3) is 0.864.